The van der Waals surface area contributed by atoms with E-state index in [1.54, 1.807) is 7.11 Å². The maximum Gasteiger partial charge on any atom is 0.161 e. The Labute approximate surface area is 115 Å². The smallest absolute Gasteiger partial charge is 0.161 e. The third kappa shape index (κ3) is 3.61. The summed E-state index contributed by atoms with van der Waals surface area (Å²) in [5.74, 6) is 1.59. The van der Waals surface area contributed by atoms with Crippen molar-refractivity contribution in [3.8, 4) is 11.5 Å². The molecule has 1 unspecified atom stereocenters. The van der Waals surface area contributed by atoms with E-state index in [1.807, 2.05) is 25.1 Å². The average molecular weight is 264 g/mol. The first-order valence-corrected chi connectivity index (χ1v) is 6.96. The number of aryl methyl sites for hydroxylation is 1. The average Bonchev–Trinajstić information content (AvgIpc) is 2.94. The Morgan fingerprint density at radius 2 is 2.00 bits per heavy atom. The van der Waals surface area contributed by atoms with Gasteiger partial charge in [-0.1, -0.05) is 6.07 Å². The van der Waals surface area contributed by atoms with Crippen molar-refractivity contribution in [3.05, 3.63) is 23.8 Å². The molecule has 1 aliphatic rings. The number of hydrogen-bond acceptors (Lipinski definition) is 4. The van der Waals surface area contributed by atoms with Crippen LogP contribution in [0, 0.1) is 6.92 Å². The van der Waals surface area contributed by atoms with Crippen molar-refractivity contribution in [2.75, 3.05) is 33.4 Å². The first kappa shape index (κ1) is 14.2. The van der Waals surface area contributed by atoms with Gasteiger partial charge in [0.1, 0.15) is 6.61 Å². The van der Waals surface area contributed by atoms with Gasteiger partial charge >= 0.3 is 0 Å². The Morgan fingerprint density at radius 1 is 1.26 bits per heavy atom. The van der Waals surface area contributed by atoms with Gasteiger partial charge in [0.15, 0.2) is 11.5 Å². The minimum atomic E-state index is 0.300. The molecule has 0 radical (unpaired) electrons. The van der Waals surface area contributed by atoms with Crippen molar-refractivity contribution in [1.29, 1.82) is 0 Å². The second-order valence-electron chi connectivity index (χ2n) is 5.10. The Morgan fingerprint density at radius 3 is 2.63 bits per heavy atom. The van der Waals surface area contributed by atoms with Crippen molar-refractivity contribution in [2.45, 2.75) is 25.8 Å². The first-order chi connectivity index (χ1) is 9.24. The molecule has 0 saturated carbocycles. The lowest BCUT2D eigenvalue weighted by molar-refractivity contribution is 0.161. The summed E-state index contributed by atoms with van der Waals surface area (Å²) in [7, 11) is 1.67. The highest BCUT2D eigenvalue weighted by Crippen LogP contribution is 2.28. The van der Waals surface area contributed by atoms with Crippen LogP contribution in [0.15, 0.2) is 18.2 Å². The molecule has 106 valence electrons. The van der Waals surface area contributed by atoms with Crippen LogP contribution in [0.1, 0.15) is 18.4 Å². The molecule has 19 heavy (non-hydrogen) atoms. The zero-order valence-corrected chi connectivity index (χ0v) is 11.9. The van der Waals surface area contributed by atoms with Gasteiger partial charge in [-0.25, -0.2) is 0 Å². The van der Waals surface area contributed by atoms with Gasteiger partial charge in [-0.3, -0.25) is 4.90 Å². The second kappa shape index (κ2) is 6.78. The van der Waals surface area contributed by atoms with Crippen molar-refractivity contribution in [2.24, 2.45) is 5.73 Å². The van der Waals surface area contributed by atoms with E-state index in [0.717, 1.165) is 24.6 Å². The minimum absolute atomic E-state index is 0.300. The van der Waals surface area contributed by atoms with E-state index >= 15 is 0 Å². The summed E-state index contributed by atoms with van der Waals surface area (Å²) in [6.07, 6.45) is 2.54. The molecule has 0 spiro atoms. The van der Waals surface area contributed by atoms with Crippen LogP contribution in [0.5, 0.6) is 11.5 Å². The van der Waals surface area contributed by atoms with Crippen LogP contribution in [-0.4, -0.2) is 44.3 Å². The molecule has 0 aromatic heterocycles. The van der Waals surface area contributed by atoms with Crippen LogP contribution in [-0.2, 0) is 0 Å². The van der Waals surface area contributed by atoms with E-state index < -0.39 is 0 Å². The Kier molecular flexibility index (Phi) is 5.05. The van der Waals surface area contributed by atoms with Gasteiger partial charge in [0, 0.05) is 6.54 Å². The Bertz CT molecular complexity index is 403. The van der Waals surface area contributed by atoms with Crippen LogP contribution < -0.4 is 15.2 Å². The van der Waals surface area contributed by atoms with Crippen LogP contribution in [0.25, 0.3) is 0 Å². The molecule has 1 heterocycles. The van der Waals surface area contributed by atoms with Crippen LogP contribution in [0.4, 0.5) is 0 Å². The SMILES string of the molecule is COc1cc(C)ccc1OCC(CN)N1CCCC1. The number of ether oxygens (including phenoxy) is 2. The van der Waals surface area contributed by atoms with E-state index in [9.17, 15) is 0 Å². The Balaban J connectivity index is 1.96. The predicted molar refractivity (Wildman–Crippen MR) is 76.9 cm³/mol. The molecule has 4 heteroatoms. The normalized spacial score (nSPS) is 17.4. The van der Waals surface area contributed by atoms with Gasteiger partial charge in [-0.2, -0.15) is 0 Å². The lowest BCUT2D eigenvalue weighted by Crippen LogP contribution is -2.42. The fraction of sp³-hybridized carbons (Fsp3) is 0.600. The number of methoxy groups -OCH3 is 1. The van der Waals surface area contributed by atoms with E-state index in [4.69, 9.17) is 15.2 Å². The molecular formula is C15H24N2O2. The molecule has 0 amide bonds. The van der Waals surface area contributed by atoms with Gasteiger partial charge in [0.05, 0.1) is 13.2 Å². The predicted octanol–water partition coefficient (Wildman–Crippen LogP) is 1.81. The topological polar surface area (TPSA) is 47.7 Å². The standard InChI is InChI=1S/C15H24N2O2/c1-12-5-6-14(15(9-12)18-2)19-11-13(10-16)17-7-3-4-8-17/h5-6,9,13H,3-4,7-8,10-11,16H2,1-2H3. The highest BCUT2D eigenvalue weighted by atomic mass is 16.5. The van der Waals surface area contributed by atoms with Gasteiger partial charge in [-0.15, -0.1) is 0 Å². The number of nitrogens with two attached hydrogens (primary N) is 1. The van der Waals surface area contributed by atoms with E-state index in [0.29, 0.717) is 19.2 Å². The zero-order valence-electron chi connectivity index (χ0n) is 11.9. The monoisotopic (exact) mass is 264 g/mol. The largest absolute Gasteiger partial charge is 0.493 e. The van der Waals surface area contributed by atoms with Crippen molar-refractivity contribution < 1.29 is 9.47 Å². The van der Waals surface area contributed by atoms with Gasteiger partial charge in [-0.05, 0) is 50.6 Å². The lowest BCUT2D eigenvalue weighted by atomic mass is 10.2. The highest BCUT2D eigenvalue weighted by molar-refractivity contribution is 5.42. The van der Waals surface area contributed by atoms with Gasteiger partial charge in [0.25, 0.3) is 0 Å². The molecule has 2 rings (SSSR count). The molecule has 1 aromatic carbocycles. The van der Waals surface area contributed by atoms with Crippen molar-refractivity contribution >= 4 is 0 Å². The number of hydrogen-bond donors (Lipinski definition) is 1. The summed E-state index contributed by atoms with van der Waals surface area (Å²) in [5.41, 5.74) is 7.02. The highest BCUT2D eigenvalue weighted by Gasteiger charge is 2.21. The van der Waals surface area contributed by atoms with Crippen molar-refractivity contribution in [3.63, 3.8) is 0 Å². The molecule has 1 aromatic rings. The fourth-order valence-corrected chi connectivity index (χ4v) is 2.51. The second-order valence-corrected chi connectivity index (χ2v) is 5.10. The molecule has 1 aliphatic heterocycles. The number of benzene rings is 1. The number of rotatable bonds is 6. The lowest BCUT2D eigenvalue weighted by Gasteiger charge is -2.26. The van der Waals surface area contributed by atoms with Gasteiger partial charge in [0.2, 0.25) is 0 Å². The van der Waals surface area contributed by atoms with Crippen LogP contribution in [0.2, 0.25) is 0 Å². The number of likely N-dealkylation sites (tertiary alicyclic amines) is 1. The summed E-state index contributed by atoms with van der Waals surface area (Å²) in [5, 5.41) is 0. The molecule has 4 nitrogen and oxygen atoms in total. The molecular weight excluding hydrogens is 240 g/mol. The maximum atomic E-state index is 5.90. The quantitative estimate of drug-likeness (QED) is 0.851. The van der Waals surface area contributed by atoms with Crippen LogP contribution >= 0.6 is 0 Å². The summed E-state index contributed by atoms with van der Waals surface area (Å²) >= 11 is 0. The van der Waals surface area contributed by atoms with E-state index in [-0.39, 0.29) is 0 Å². The molecule has 0 bridgehead atoms. The first-order valence-electron chi connectivity index (χ1n) is 6.96. The Hall–Kier alpha value is -1.26. The van der Waals surface area contributed by atoms with Gasteiger partial charge < -0.3 is 15.2 Å². The molecule has 1 fully saturated rings. The zero-order chi connectivity index (χ0) is 13.7. The summed E-state index contributed by atoms with van der Waals surface area (Å²) in [6, 6.07) is 6.29. The van der Waals surface area contributed by atoms with Crippen LogP contribution in [0.3, 0.4) is 0 Å². The third-order valence-electron chi connectivity index (χ3n) is 3.68. The third-order valence-corrected chi connectivity index (χ3v) is 3.68. The molecule has 0 aliphatic carbocycles. The minimum Gasteiger partial charge on any atom is -0.493 e. The summed E-state index contributed by atoms with van der Waals surface area (Å²) in [6.45, 7) is 5.57. The van der Waals surface area contributed by atoms with E-state index in [2.05, 4.69) is 4.90 Å². The molecule has 1 atom stereocenters. The fourth-order valence-electron chi connectivity index (χ4n) is 2.51. The molecule has 1 saturated heterocycles. The maximum absolute atomic E-state index is 5.90. The number of nitrogens with zero attached hydrogens (tertiary/aromatic N) is 1. The summed E-state index contributed by atoms with van der Waals surface area (Å²) < 4.78 is 11.2. The van der Waals surface area contributed by atoms with Crippen molar-refractivity contribution in [1.82, 2.24) is 4.90 Å². The van der Waals surface area contributed by atoms with E-state index in [1.165, 1.54) is 18.4 Å². The molecule has 2 N–H and O–H groups in total. The summed E-state index contributed by atoms with van der Waals surface area (Å²) in [4.78, 5) is 2.42.